The van der Waals surface area contributed by atoms with E-state index in [2.05, 4.69) is 10.5 Å². The number of nitrogens with one attached hydrogen (secondary N) is 1. The van der Waals surface area contributed by atoms with E-state index in [4.69, 9.17) is 9.26 Å². The number of aromatic nitrogens is 1. The van der Waals surface area contributed by atoms with Crippen molar-refractivity contribution in [2.45, 2.75) is 57.2 Å². The Balaban J connectivity index is 1.41. The predicted molar refractivity (Wildman–Crippen MR) is 120 cm³/mol. The predicted octanol–water partition coefficient (Wildman–Crippen LogP) is 2.52. The first-order valence-electron chi connectivity index (χ1n) is 11.8. The van der Waals surface area contributed by atoms with E-state index in [1.165, 1.54) is 0 Å². The molecule has 0 bridgehead atoms. The number of quaternary nitrogens is 1. The number of likely N-dealkylation sites (tertiary alicyclic amines) is 1. The molecular weight excluding hydrogens is 422 g/mol. The lowest BCUT2D eigenvalue weighted by molar-refractivity contribution is -0.890. The number of aryl methyl sites for hydroxylation is 1. The molecule has 2 unspecified atom stereocenters. The Morgan fingerprint density at radius 2 is 1.94 bits per heavy atom. The summed E-state index contributed by atoms with van der Waals surface area (Å²) >= 11 is 0. The van der Waals surface area contributed by atoms with E-state index in [0.717, 1.165) is 32.1 Å². The number of carbonyl (C=O) groups excluding carboxylic acids is 2. The number of carbonyl (C=O) groups is 2. The van der Waals surface area contributed by atoms with Crippen molar-refractivity contribution in [3.8, 4) is 0 Å². The lowest BCUT2D eigenvalue weighted by Gasteiger charge is -2.47. The maximum absolute atomic E-state index is 14.1. The molecule has 4 rings (SSSR count). The van der Waals surface area contributed by atoms with Crippen LogP contribution in [0.25, 0.3) is 0 Å². The van der Waals surface area contributed by atoms with Crippen LogP contribution in [-0.2, 0) is 19.9 Å². The molecule has 1 N–H and O–H groups in total. The molecule has 3 atom stereocenters. The summed E-state index contributed by atoms with van der Waals surface area (Å²) in [6, 6.07) is 10.6. The summed E-state index contributed by atoms with van der Waals surface area (Å²) in [5.74, 6) is -0.113. The first-order valence-corrected chi connectivity index (χ1v) is 11.8. The number of esters is 1. The van der Waals surface area contributed by atoms with Gasteiger partial charge in [0.15, 0.2) is 18.5 Å². The fraction of sp³-hybridized carbons (Fsp3) is 0.560. The maximum atomic E-state index is 14.1. The molecule has 1 aromatic carbocycles. The summed E-state index contributed by atoms with van der Waals surface area (Å²) in [4.78, 5) is 25.9. The SMILES string of the molecule is Cc1cc(NC(=O)C[N+]2(C)CC[C@@H](OC(=O)C([O-])(c3ccccc3)C3CCCCC3)C2)no1. The van der Waals surface area contributed by atoms with Crippen LogP contribution in [0.3, 0.4) is 0 Å². The van der Waals surface area contributed by atoms with Crippen LogP contribution in [0, 0.1) is 12.8 Å². The molecule has 8 heteroatoms. The van der Waals surface area contributed by atoms with Gasteiger partial charge >= 0.3 is 5.97 Å². The zero-order chi connectivity index (χ0) is 23.5. The van der Waals surface area contributed by atoms with Gasteiger partial charge in [-0.25, -0.2) is 0 Å². The third-order valence-corrected chi connectivity index (χ3v) is 7.02. The molecule has 8 nitrogen and oxygen atoms in total. The van der Waals surface area contributed by atoms with Crippen LogP contribution >= 0.6 is 0 Å². The lowest BCUT2D eigenvalue weighted by Crippen LogP contribution is -2.56. The van der Waals surface area contributed by atoms with Gasteiger partial charge in [0.1, 0.15) is 12.3 Å². The summed E-state index contributed by atoms with van der Waals surface area (Å²) in [6.07, 6.45) is 4.76. The van der Waals surface area contributed by atoms with E-state index in [0.29, 0.717) is 41.1 Å². The lowest BCUT2D eigenvalue weighted by atomic mass is 9.73. The molecule has 0 spiro atoms. The van der Waals surface area contributed by atoms with Gasteiger partial charge in [0.2, 0.25) is 0 Å². The van der Waals surface area contributed by atoms with Gasteiger partial charge in [0.05, 0.1) is 13.6 Å². The Kier molecular flexibility index (Phi) is 6.86. The maximum Gasteiger partial charge on any atom is 0.300 e. The summed E-state index contributed by atoms with van der Waals surface area (Å²) in [6.45, 7) is 3.16. The van der Waals surface area contributed by atoms with Crippen molar-refractivity contribution >= 4 is 17.7 Å². The van der Waals surface area contributed by atoms with E-state index >= 15 is 0 Å². The van der Waals surface area contributed by atoms with Crippen molar-refractivity contribution in [2.24, 2.45) is 5.92 Å². The zero-order valence-electron chi connectivity index (χ0n) is 19.4. The van der Waals surface area contributed by atoms with Gasteiger partial charge in [-0.2, -0.15) is 0 Å². The van der Waals surface area contributed by atoms with E-state index < -0.39 is 11.6 Å². The number of anilines is 1. The van der Waals surface area contributed by atoms with Crippen molar-refractivity contribution in [1.82, 2.24) is 5.16 Å². The van der Waals surface area contributed by atoms with Crippen molar-refractivity contribution in [1.29, 1.82) is 0 Å². The highest BCUT2D eigenvalue weighted by molar-refractivity contribution is 5.90. The molecule has 2 aliphatic rings. The van der Waals surface area contributed by atoms with E-state index in [-0.39, 0.29) is 24.5 Å². The molecule has 1 saturated heterocycles. The normalized spacial score (nSPS) is 25.4. The molecule has 2 aromatic rings. The Morgan fingerprint density at radius 1 is 1.21 bits per heavy atom. The van der Waals surface area contributed by atoms with Gasteiger partial charge in [0, 0.05) is 18.1 Å². The number of amides is 1. The summed E-state index contributed by atoms with van der Waals surface area (Å²) < 4.78 is 11.3. The monoisotopic (exact) mass is 455 g/mol. The van der Waals surface area contributed by atoms with Gasteiger partial charge in [0.25, 0.3) is 5.91 Å². The quantitative estimate of drug-likeness (QED) is 0.508. The molecule has 178 valence electrons. The number of hydrogen-bond acceptors (Lipinski definition) is 6. The van der Waals surface area contributed by atoms with E-state index in [9.17, 15) is 14.7 Å². The first kappa shape index (κ1) is 23.4. The van der Waals surface area contributed by atoms with E-state index in [1.54, 1.807) is 37.3 Å². The van der Waals surface area contributed by atoms with E-state index in [1.807, 2.05) is 13.1 Å². The third-order valence-electron chi connectivity index (χ3n) is 7.02. The topological polar surface area (TPSA) is 104 Å². The second-order valence-electron chi connectivity index (χ2n) is 9.81. The van der Waals surface area contributed by atoms with Crippen molar-refractivity contribution in [3.05, 3.63) is 47.7 Å². The molecule has 33 heavy (non-hydrogen) atoms. The number of hydrogen-bond donors (Lipinski definition) is 1. The standard InChI is InChI=1S/C25H33N3O5/c1-18-15-22(27-33-18)26-23(29)17-28(2)14-13-21(16-28)32-24(30)25(31,19-9-5-3-6-10-19)20-11-7-4-8-12-20/h3,5-6,9-10,15,20-21H,4,7-8,11-14,16-17H2,1-2H3,(H,26,27,29)/t21-,25?,28?/m1/s1. The van der Waals surface area contributed by atoms with Gasteiger partial charge < -0.3 is 24.2 Å². The van der Waals surface area contributed by atoms with Crippen LogP contribution in [0.15, 0.2) is 40.9 Å². The summed E-state index contributed by atoms with van der Waals surface area (Å²) in [7, 11) is 1.96. The fourth-order valence-electron chi connectivity index (χ4n) is 5.28. The van der Waals surface area contributed by atoms with Crippen molar-refractivity contribution in [3.63, 3.8) is 0 Å². The Labute approximate surface area is 194 Å². The van der Waals surface area contributed by atoms with Crippen LogP contribution in [0.2, 0.25) is 0 Å². The highest BCUT2D eigenvalue weighted by Gasteiger charge is 2.43. The number of likely N-dealkylation sites (N-methyl/N-ethyl adjacent to an activating group) is 1. The number of nitrogens with zero attached hydrogens (tertiary/aromatic N) is 2. The smallest absolute Gasteiger partial charge is 0.300 e. The van der Waals surface area contributed by atoms with Gasteiger partial charge in [-0.05, 0) is 18.4 Å². The number of benzene rings is 1. The highest BCUT2D eigenvalue weighted by Crippen LogP contribution is 2.39. The molecule has 1 aliphatic heterocycles. The van der Waals surface area contributed by atoms with Crippen LogP contribution in [0.4, 0.5) is 5.82 Å². The molecule has 2 heterocycles. The minimum absolute atomic E-state index is 0.178. The molecule has 1 aliphatic carbocycles. The molecule has 2 fully saturated rings. The second-order valence-corrected chi connectivity index (χ2v) is 9.81. The van der Waals surface area contributed by atoms with Crippen molar-refractivity contribution < 1.29 is 28.4 Å². The third kappa shape index (κ3) is 5.28. The minimum atomic E-state index is -1.89. The molecule has 1 saturated carbocycles. The highest BCUT2D eigenvalue weighted by atomic mass is 16.6. The molecule has 1 aromatic heterocycles. The molecule has 1 amide bonds. The fourth-order valence-corrected chi connectivity index (χ4v) is 5.28. The largest absolute Gasteiger partial charge is 0.837 e. The van der Waals surface area contributed by atoms with Gasteiger partial charge in [-0.3, -0.25) is 9.59 Å². The zero-order valence-corrected chi connectivity index (χ0v) is 19.4. The first-order chi connectivity index (χ1) is 15.8. The van der Waals surface area contributed by atoms with Crippen LogP contribution in [-0.4, -0.2) is 54.3 Å². The molecular formula is C25H33N3O5. The minimum Gasteiger partial charge on any atom is -0.837 e. The number of ether oxygens (including phenoxy) is 1. The Hall–Kier alpha value is -2.71. The Bertz CT molecular complexity index is 971. The summed E-state index contributed by atoms with van der Waals surface area (Å²) in [5, 5.41) is 20.7. The Morgan fingerprint density at radius 3 is 2.61 bits per heavy atom. The number of rotatable bonds is 7. The average molecular weight is 456 g/mol. The van der Waals surface area contributed by atoms with Crippen LogP contribution in [0.5, 0.6) is 0 Å². The van der Waals surface area contributed by atoms with Gasteiger partial charge in [-0.1, -0.05) is 67.6 Å². The van der Waals surface area contributed by atoms with Crippen molar-refractivity contribution in [2.75, 3.05) is 32.0 Å². The summed E-state index contributed by atoms with van der Waals surface area (Å²) in [5.41, 5.74) is -1.41. The second kappa shape index (κ2) is 9.65. The average Bonchev–Trinajstić information content (AvgIpc) is 3.38. The van der Waals surface area contributed by atoms with Gasteiger partial charge in [-0.15, -0.1) is 0 Å². The van der Waals surface area contributed by atoms with Crippen LogP contribution in [0.1, 0.15) is 49.8 Å². The van der Waals surface area contributed by atoms with Crippen LogP contribution < -0.4 is 10.4 Å². The molecule has 0 radical (unpaired) electrons.